The molecule has 0 aliphatic rings. The third-order valence-corrected chi connectivity index (χ3v) is 3.25. The van der Waals surface area contributed by atoms with E-state index in [1.165, 1.54) is 12.1 Å². The Labute approximate surface area is 124 Å². The summed E-state index contributed by atoms with van der Waals surface area (Å²) in [4.78, 5) is 18.9. The average Bonchev–Trinajstić information content (AvgIpc) is 3.04. The fourth-order valence-electron chi connectivity index (χ4n) is 2.18. The number of anilines is 1. The number of hydrogen-bond donors (Lipinski definition) is 1. The van der Waals surface area contributed by atoms with Crippen molar-refractivity contribution in [3.8, 4) is 11.5 Å². The van der Waals surface area contributed by atoms with E-state index in [2.05, 4.69) is 15.1 Å². The minimum absolute atomic E-state index is 0.120. The highest BCUT2D eigenvalue weighted by Gasteiger charge is 2.22. The molecule has 9 heteroatoms. The number of fused-ring (bicyclic) bond motifs is 1. The fraction of sp³-hybridized carbons (Fsp3) is 0.308. The van der Waals surface area contributed by atoms with E-state index in [4.69, 9.17) is 10.2 Å². The number of furan rings is 1. The van der Waals surface area contributed by atoms with Crippen LogP contribution in [0, 0.1) is 10.1 Å². The number of nitrogens with two attached hydrogens (primary N) is 1. The number of aromatic nitrogens is 4. The molecule has 0 saturated carbocycles. The maximum Gasteiger partial charge on any atom is 0.433 e. The highest BCUT2D eigenvalue weighted by molar-refractivity contribution is 5.97. The van der Waals surface area contributed by atoms with Crippen LogP contribution in [0.15, 0.2) is 16.5 Å². The third-order valence-electron chi connectivity index (χ3n) is 3.25. The van der Waals surface area contributed by atoms with Crippen molar-refractivity contribution in [2.45, 2.75) is 19.8 Å². The zero-order chi connectivity index (χ0) is 16.0. The molecule has 0 atom stereocenters. The van der Waals surface area contributed by atoms with Gasteiger partial charge in [-0.2, -0.15) is 5.10 Å². The molecule has 22 heavy (non-hydrogen) atoms. The third kappa shape index (κ3) is 2.07. The summed E-state index contributed by atoms with van der Waals surface area (Å²) in [6, 6.07) is 2.76. The Bertz CT molecular complexity index is 879. The van der Waals surface area contributed by atoms with Gasteiger partial charge in [-0.15, -0.1) is 0 Å². The molecule has 114 valence electrons. The molecule has 0 radical (unpaired) electrons. The first-order valence-electron chi connectivity index (χ1n) is 6.63. The van der Waals surface area contributed by atoms with Gasteiger partial charge in [0.2, 0.25) is 0 Å². The lowest BCUT2D eigenvalue weighted by Gasteiger charge is -2.05. The van der Waals surface area contributed by atoms with E-state index in [1.54, 1.807) is 11.7 Å². The summed E-state index contributed by atoms with van der Waals surface area (Å²) in [5, 5.41) is 15.6. The maximum atomic E-state index is 10.7. The van der Waals surface area contributed by atoms with Crippen LogP contribution in [0.4, 0.5) is 11.7 Å². The maximum absolute atomic E-state index is 10.7. The predicted molar refractivity (Wildman–Crippen MR) is 79.2 cm³/mol. The number of aryl methyl sites for hydroxylation is 1. The van der Waals surface area contributed by atoms with Gasteiger partial charge < -0.3 is 10.2 Å². The molecule has 2 N–H and O–H groups in total. The molecular weight excluding hydrogens is 288 g/mol. The molecule has 0 amide bonds. The van der Waals surface area contributed by atoms with Gasteiger partial charge in [0.25, 0.3) is 0 Å². The van der Waals surface area contributed by atoms with Crippen molar-refractivity contribution in [2.24, 2.45) is 7.05 Å². The van der Waals surface area contributed by atoms with Gasteiger partial charge in [0.05, 0.1) is 11.5 Å². The lowest BCUT2D eigenvalue weighted by Crippen LogP contribution is -2.03. The molecule has 0 fully saturated rings. The Hall–Kier alpha value is -2.97. The minimum atomic E-state index is -0.606. The summed E-state index contributed by atoms with van der Waals surface area (Å²) in [7, 11) is 1.72. The molecule has 0 saturated heterocycles. The van der Waals surface area contributed by atoms with E-state index in [-0.39, 0.29) is 23.4 Å². The first-order valence-corrected chi connectivity index (χ1v) is 6.63. The minimum Gasteiger partial charge on any atom is -0.399 e. The molecule has 9 nitrogen and oxygen atoms in total. The van der Waals surface area contributed by atoms with Gasteiger partial charge in [0.15, 0.2) is 11.4 Å². The molecule has 3 aromatic rings. The van der Waals surface area contributed by atoms with E-state index in [0.29, 0.717) is 22.6 Å². The second kappa shape index (κ2) is 4.79. The van der Waals surface area contributed by atoms with Gasteiger partial charge >= 0.3 is 5.88 Å². The van der Waals surface area contributed by atoms with E-state index in [9.17, 15) is 10.1 Å². The van der Waals surface area contributed by atoms with E-state index in [1.807, 2.05) is 13.8 Å². The second-order valence-electron chi connectivity index (χ2n) is 5.19. The molecule has 0 aliphatic carbocycles. The first kappa shape index (κ1) is 14.0. The van der Waals surface area contributed by atoms with Gasteiger partial charge in [0.1, 0.15) is 22.3 Å². The standard InChI is InChI=1S/C13H14N6O3/c1-6(2)12-15-11(14)9-10(17-18(3)13(9)16-12)7-4-5-8(22-7)19(20)21/h4-6H,1-3H3,(H2,14,15,16). The van der Waals surface area contributed by atoms with Crippen LogP contribution in [0.5, 0.6) is 0 Å². The quantitative estimate of drug-likeness (QED) is 0.580. The van der Waals surface area contributed by atoms with Crippen LogP contribution in [0.25, 0.3) is 22.5 Å². The summed E-state index contributed by atoms with van der Waals surface area (Å²) in [6.45, 7) is 3.93. The van der Waals surface area contributed by atoms with E-state index >= 15 is 0 Å². The summed E-state index contributed by atoms with van der Waals surface area (Å²) < 4.78 is 6.76. The molecule has 3 rings (SSSR count). The van der Waals surface area contributed by atoms with Crippen LogP contribution in [0.3, 0.4) is 0 Å². The Morgan fingerprint density at radius 3 is 2.68 bits per heavy atom. The molecule has 0 aliphatic heterocycles. The zero-order valence-electron chi connectivity index (χ0n) is 12.3. The lowest BCUT2D eigenvalue weighted by atomic mass is 10.2. The molecule has 0 unspecified atom stereocenters. The van der Waals surface area contributed by atoms with E-state index in [0.717, 1.165) is 0 Å². The van der Waals surface area contributed by atoms with Crippen LogP contribution in [0.1, 0.15) is 25.6 Å². The molecule has 0 bridgehead atoms. The van der Waals surface area contributed by atoms with Gasteiger partial charge in [-0.25, -0.2) is 14.6 Å². The second-order valence-corrected chi connectivity index (χ2v) is 5.19. The molecule has 0 spiro atoms. The largest absolute Gasteiger partial charge is 0.433 e. The molecule has 0 aromatic carbocycles. The highest BCUT2D eigenvalue weighted by atomic mass is 16.6. The van der Waals surface area contributed by atoms with Crippen LogP contribution in [-0.4, -0.2) is 24.7 Å². The van der Waals surface area contributed by atoms with Crippen molar-refractivity contribution in [1.82, 2.24) is 19.7 Å². The Balaban J connectivity index is 2.24. The number of rotatable bonds is 3. The van der Waals surface area contributed by atoms with Gasteiger partial charge in [0, 0.05) is 13.0 Å². The normalized spacial score (nSPS) is 11.5. The topological polar surface area (TPSA) is 126 Å². The van der Waals surface area contributed by atoms with Crippen LogP contribution < -0.4 is 5.73 Å². The van der Waals surface area contributed by atoms with Crippen LogP contribution >= 0.6 is 0 Å². The SMILES string of the molecule is CC(C)c1nc(N)c2c(-c3ccc([N+](=O)[O-])o3)nn(C)c2n1. The van der Waals surface area contributed by atoms with Crippen molar-refractivity contribution in [2.75, 3.05) is 5.73 Å². The van der Waals surface area contributed by atoms with Crippen molar-refractivity contribution < 1.29 is 9.34 Å². The Morgan fingerprint density at radius 1 is 1.36 bits per heavy atom. The summed E-state index contributed by atoms with van der Waals surface area (Å²) in [6.07, 6.45) is 0. The smallest absolute Gasteiger partial charge is 0.399 e. The van der Waals surface area contributed by atoms with Crippen molar-refractivity contribution >= 4 is 22.7 Å². The van der Waals surface area contributed by atoms with Crippen LogP contribution in [0.2, 0.25) is 0 Å². The predicted octanol–water partition coefficient (Wildman–Crippen LogP) is 2.24. The van der Waals surface area contributed by atoms with Crippen molar-refractivity contribution in [3.63, 3.8) is 0 Å². The van der Waals surface area contributed by atoms with Crippen LogP contribution in [-0.2, 0) is 7.05 Å². The fourth-order valence-corrected chi connectivity index (χ4v) is 2.18. The number of nitrogen functional groups attached to an aromatic ring is 1. The molecular formula is C13H14N6O3. The van der Waals surface area contributed by atoms with E-state index < -0.39 is 4.92 Å². The van der Waals surface area contributed by atoms with Crippen molar-refractivity contribution in [1.29, 1.82) is 0 Å². The first-order chi connectivity index (χ1) is 10.4. The zero-order valence-corrected chi connectivity index (χ0v) is 12.3. The Kier molecular flexibility index (Phi) is 3.05. The van der Waals surface area contributed by atoms with Crippen molar-refractivity contribution in [3.05, 3.63) is 28.1 Å². The summed E-state index contributed by atoms with van der Waals surface area (Å²) in [5.41, 5.74) is 6.98. The lowest BCUT2D eigenvalue weighted by molar-refractivity contribution is -0.401. The molecule has 3 heterocycles. The molecule has 3 aromatic heterocycles. The summed E-state index contributed by atoms with van der Waals surface area (Å²) in [5.74, 6) is 0.910. The number of hydrogen-bond acceptors (Lipinski definition) is 7. The van der Waals surface area contributed by atoms with Gasteiger partial charge in [-0.05, 0) is 6.07 Å². The van der Waals surface area contributed by atoms with Gasteiger partial charge in [-0.1, -0.05) is 13.8 Å². The Morgan fingerprint density at radius 2 is 2.09 bits per heavy atom. The highest BCUT2D eigenvalue weighted by Crippen LogP contribution is 2.33. The number of nitro groups is 1. The average molecular weight is 302 g/mol. The monoisotopic (exact) mass is 302 g/mol. The van der Waals surface area contributed by atoms with Gasteiger partial charge in [-0.3, -0.25) is 10.1 Å². The summed E-state index contributed by atoms with van der Waals surface area (Å²) >= 11 is 0. The number of nitrogens with zero attached hydrogens (tertiary/aromatic N) is 5.